The Balaban J connectivity index is 1.73. The number of ether oxygens (including phenoxy) is 2. The van der Waals surface area contributed by atoms with Gasteiger partial charge in [-0.3, -0.25) is 9.78 Å². The maximum Gasteiger partial charge on any atom is 0.335 e. The van der Waals surface area contributed by atoms with Crippen LogP contribution in [-0.4, -0.2) is 34.6 Å². The van der Waals surface area contributed by atoms with Crippen LogP contribution in [0.1, 0.15) is 23.6 Å². The first-order valence-corrected chi connectivity index (χ1v) is 9.21. The summed E-state index contributed by atoms with van der Waals surface area (Å²) in [5.74, 6) is 0.607. The third kappa shape index (κ3) is 3.30. The van der Waals surface area contributed by atoms with Gasteiger partial charge in [0.1, 0.15) is 17.1 Å². The molecule has 1 unspecified atom stereocenters. The van der Waals surface area contributed by atoms with Crippen LogP contribution in [0.5, 0.6) is 17.4 Å². The lowest BCUT2D eigenvalue weighted by molar-refractivity contribution is 0.401. The molecule has 4 rings (SSSR count). The van der Waals surface area contributed by atoms with Crippen molar-refractivity contribution >= 4 is 5.71 Å². The molecule has 1 atom stereocenters. The Bertz CT molecular complexity index is 1230. The smallest absolute Gasteiger partial charge is 0.335 e. The van der Waals surface area contributed by atoms with Crippen LogP contribution >= 0.6 is 0 Å². The first kappa shape index (κ1) is 19.3. The summed E-state index contributed by atoms with van der Waals surface area (Å²) in [6.07, 6.45) is 0.354. The lowest BCUT2D eigenvalue weighted by Crippen LogP contribution is -2.33. The lowest BCUT2D eigenvalue weighted by atomic mass is 10.00. The number of para-hydroxylation sites is 2. The van der Waals surface area contributed by atoms with E-state index in [2.05, 4.69) is 15.5 Å². The molecule has 0 amide bonds. The predicted octanol–water partition coefficient (Wildman–Crippen LogP) is 1.69. The molecule has 3 N–H and O–H groups in total. The number of hydrogen-bond acceptors (Lipinski definition) is 7. The number of hydrogen-bond donors (Lipinski definition) is 3. The van der Waals surface area contributed by atoms with Crippen molar-refractivity contribution in [2.75, 3.05) is 14.2 Å². The van der Waals surface area contributed by atoms with Gasteiger partial charge in [0.15, 0.2) is 0 Å². The summed E-state index contributed by atoms with van der Waals surface area (Å²) in [5, 5.41) is 15.1. The molecule has 1 aliphatic rings. The molecule has 2 aromatic carbocycles. The van der Waals surface area contributed by atoms with Crippen LogP contribution in [0.3, 0.4) is 0 Å². The molecular formula is C21H20N4O5. The summed E-state index contributed by atoms with van der Waals surface area (Å²) in [6, 6.07) is 14.0. The molecule has 0 spiro atoms. The van der Waals surface area contributed by atoms with Crippen molar-refractivity contribution in [2.45, 2.75) is 12.5 Å². The van der Waals surface area contributed by atoms with E-state index in [-0.39, 0.29) is 11.6 Å². The van der Waals surface area contributed by atoms with Crippen molar-refractivity contribution in [3.8, 4) is 23.1 Å². The Labute approximate surface area is 171 Å². The second kappa shape index (κ2) is 7.78. The zero-order valence-electron chi connectivity index (χ0n) is 16.4. The molecule has 9 nitrogen and oxygen atoms in total. The third-order valence-electron chi connectivity index (χ3n) is 4.97. The minimum absolute atomic E-state index is 0.0657. The highest BCUT2D eigenvalue weighted by atomic mass is 16.5. The molecule has 9 heteroatoms. The summed E-state index contributed by atoms with van der Waals surface area (Å²) >= 11 is 0. The maximum atomic E-state index is 12.5. The third-order valence-corrected chi connectivity index (χ3v) is 4.97. The number of nitrogens with one attached hydrogen (secondary N) is 2. The molecule has 0 bridgehead atoms. The van der Waals surface area contributed by atoms with Gasteiger partial charge in [-0.2, -0.15) is 5.10 Å². The van der Waals surface area contributed by atoms with Gasteiger partial charge < -0.3 is 20.0 Å². The van der Waals surface area contributed by atoms with E-state index in [1.54, 1.807) is 31.4 Å². The topological polar surface area (TPSA) is 118 Å². The molecule has 30 heavy (non-hydrogen) atoms. The highest BCUT2D eigenvalue weighted by molar-refractivity contribution is 6.03. The maximum absolute atomic E-state index is 12.5. The van der Waals surface area contributed by atoms with Gasteiger partial charge in [0.2, 0.25) is 5.88 Å². The largest absolute Gasteiger partial charge is 0.497 e. The molecule has 0 radical (unpaired) electrons. The van der Waals surface area contributed by atoms with Gasteiger partial charge in [-0.15, -0.1) is 0 Å². The van der Waals surface area contributed by atoms with Gasteiger partial charge in [-0.1, -0.05) is 24.3 Å². The quantitative estimate of drug-likeness (QED) is 0.591. The Morgan fingerprint density at radius 2 is 1.80 bits per heavy atom. The van der Waals surface area contributed by atoms with Crippen molar-refractivity contribution in [3.05, 3.63) is 80.5 Å². The molecule has 0 aliphatic carbocycles. The highest BCUT2D eigenvalue weighted by Gasteiger charge is 2.28. The van der Waals surface area contributed by atoms with E-state index in [0.29, 0.717) is 23.6 Å². The van der Waals surface area contributed by atoms with Crippen molar-refractivity contribution in [1.29, 1.82) is 0 Å². The van der Waals surface area contributed by atoms with E-state index >= 15 is 0 Å². The van der Waals surface area contributed by atoms with E-state index in [0.717, 1.165) is 15.9 Å². The van der Waals surface area contributed by atoms with E-state index in [4.69, 9.17) is 9.47 Å². The molecule has 1 aliphatic heterocycles. The number of rotatable bonds is 5. The molecule has 0 fully saturated rings. The molecule has 154 valence electrons. The Kier molecular flexibility index (Phi) is 5.01. The minimum Gasteiger partial charge on any atom is -0.497 e. The van der Waals surface area contributed by atoms with E-state index in [1.807, 2.05) is 24.3 Å². The van der Waals surface area contributed by atoms with E-state index in [1.165, 1.54) is 7.11 Å². The monoisotopic (exact) mass is 408 g/mol. The van der Waals surface area contributed by atoms with Crippen molar-refractivity contribution in [3.63, 3.8) is 0 Å². The van der Waals surface area contributed by atoms with Crippen molar-refractivity contribution in [2.24, 2.45) is 5.10 Å². The van der Waals surface area contributed by atoms with E-state index in [9.17, 15) is 14.7 Å². The Morgan fingerprint density at radius 1 is 1.07 bits per heavy atom. The minimum atomic E-state index is -0.774. The van der Waals surface area contributed by atoms with Gasteiger partial charge in [-0.25, -0.2) is 9.36 Å². The van der Waals surface area contributed by atoms with Crippen LogP contribution in [0.15, 0.2) is 63.2 Å². The second-order valence-corrected chi connectivity index (χ2v) is 6.68. The SMILES string of the molecule is COc1ccc(C2CC(c3c(O)n(-c4ccccc4OC)c(=O)[nH]c3=O)=NN2)cc1. The van der Waals surface area contributed by atoms with Crippen LogP contribution in [0.2, 0.25) is 0 Å². The van der Waals surface area contributed by atoms with Gasteiger partial charge >= 0.3 is 5.69 Å². The Hall–Kier alpha value is -4.01. The fourth-order valence-corrected chi connectivity index (χ4v) is 3.45. The second-order valence-electron chi connectivity index (χ2n) is 6.68. The van der Waals surface area contributed by atoms with Crippen molar-refractivity contribution in [1.82, 2.24) is 15.0 Å². The number of hydrazone groups is 1. The highest BCUT2D eigenvalue weighted by Crippen LogP contribution is 2.29. The average Bonchev–Trinajstić information content (AvgIpc) is 3.23. The molecule has 2 heterocycles. The van der Waals surface area contributed by atoms with Gasteiger partial charge in [0, 0.05) is 6.42 Å². The number of methoxy groups -OCH3 is 2. The van der Waals surface area contributed by atoms with Gasteiger partial charge in [0.25, 0.3) is 5.56 Å². The van der Waals surface area contributed by atoms with Gasteiger partial charge in [0.05, 0.1) is 31.7 Å². The van der Waals surface area contributed by atoms with Crippen LogP contribution in [0.25, 0.3) is 5.69 Å². The molecular weight excluding hydrogens is 388 g/mol. The first-order valence-electron chi connectivity index (χ1n) is 9.21. The summed E-state index contributed by atoms with van der Waals surface area (Å²) in [5.41, 5.74) is 3.03. The number of nitrogens with zero attached hydrogens (tertiary/aromatic N) is 2. The standard InChI is InChI=1S/C21H20N4O5/c1-29-13-9-7-12(8-10-13)14-11-15(24-23-14)18-19(26)22-21(28)25(20(18)27)16-5-3-4-6-17(16)30-2/h3-10,14,23,27H,11H2,1-2H3,(H,22,26,28). The van der Waals surface area contributed by atoms with Crippen LogP contribution < -0.4 is 26.1 Å². The summed E-state index contributed by atoms with van der Waals surface area (Å²) in [6.45, 7) is 0. The Morgan fingerprint density at radius 3 is 2.50 bits per heavy atom. The van der Waals surface area contributed by atoms with Crippen LogP contribution in [0.4, 0.5) is 0 Å². The molecule has 0 saturated carbocycles. The molecule has 1 aromatic heterocycles. The number of aromatic amines is 1. The molecule has 3 aromatic rings. The van der Waals surface area contributed by atoms with Crippen LogP contribution in [0, 0.1) is 0 Å². The summed E-state index contributed by atoms with van der Waals surface area (Å²) in [7, 11) is 3.05. The summed E-state index contributed by atoms with van der Waals surface area (Å²) < 4.78 is 11.5. The number of H-pyrrole nitrogens is 1. The fourth-order valence-electron chi connectivity index (χ4n) is 3.45. The molecule has 0 saturated heterocycles. The number of aromatic nitrogens is 2. The zero-order valence-corrected chi connectivity index (χ0v) is 16.4. The average molecular weight is 408 g/mol. The summed E-state index contributed by atoms with van der Waals surface area (Å²) in [4.78, 5) is 27.3. The zero-order chi connectivity index (χ0) is 21.3. The normalized spacial score (nSPS) is 15.4. The number of benzene rings is 2. The number of aromatic hydroxyl groups is 1. The van der Waals surface area contributed by atoms with Crippen molar-refractivity contribution < 1.29 is 14.6 Å². The van der Waals surface area contributed by atoms with Crippen LogP contribution in [-0.2, 0) is 0 Å². The van der Waals surface area contributed by atoms with Gasteiger partial charge in [-0.05, 0) is 29.8 Å². The fraction of sp³-hybridized carbons (Fsp3) is 0.190. The first-order chi connectivity index (χ1) is 14.5. The lowest BCUT2D eigenvalue weighted by Gasteiger charge is -2.14. The van der Waals surface area contributed by atoms with E-state index < -0.39 is 17.1 Å². The predicted molar refractivity (Wildman–Crippen MR) is 111 cm³/mol.